The number of carbonyl (C=O) groups excluding carboxylic acids is 3. The summed E-state index contributed by atoms with van der Waals surface area (Å²) in [5.74, 6) is -2.63. The zero-order chi connectivity index (χ0) is 34.0. The number of nitrogens with zero attached hydrogens (tertiary/aromatic N) is 7. The molecule has 0 saturated carbocycles. The van der Waals surface area contributed by atoms with Crippen molar-refractivity contribution in [1.82, 2.24) is 34.1 Å². The number of pyridine rings is 1. The van der Waals surface area contributed by atoms with Gasteiger partial charge >= 0.3 is 12.1 Å². The van der Waals surface area contributed by atoms with Gasteiger partial charge in [0.05, 0.1) is 46.3 Å². The Morgan fingerprint density at radius 1 is 1.00 bits per heavy atom. The van der Waals surface area contributed by atoms with Gasteiger partial charge in [-0.15, -0.1) is 0 Å². The molecule has 4 heterocycles. The number of hydrogen-bond donors (Lipinski definition) is 3. The maximum Gasteiger partial charge on any atom is 0.435 e. The number of carboxylic acid groups (broad SMARTS) is 1. The van der Waals surface area contributed by atoms with Crippen LogP contribution in [0.3, 0.4) is 0 Å². The van der Waals surface area contributed by atoms with Crippen LogP contribution in [0.2, 0.25) is 5.02 Å². The third kappa shape index (κ3) is 7.19. The third-order valence-corrected chi connectivity index (χ3v) is 7.70. The number of nitrogens with one attached hydrogen (secondary N) is 1. The highest BCUT2D eigenvalue weighted by Gasteiger charge is 2.39. The van der Waals surface area contributed by atoms with Crippen molar-refractivity contribution in [2.45, 2.75) is 19.0 Å². The number of piperazine rings is 1. The Balaban J connectivity index is 1.28. The molecule has 0 aliphatic carbocycles. The lowest BCUT2D eigenvalue weighted by molar-refractivity contribution is -0.141. The molecule has 0 radical (unpaired) electrons. The fourth-order valence-electron chi connectivity index (χ4n) is 4.95. The molecule has 246 valence electrons. The van der Waals surface area contributed by atoms with Gasteiger partial charge in [-0.25, -0.2) is 14.6 Å². The Bertz CT molecular complexity index is 1850. The Hall–Kier alpha value is -5.45. The molecular formula is C29H27ClF3N9O5. The molecule has 47 heavy (non-hydrogen) atoms. The van der Waals surface area contributed by atoms with Crippen molar-refractivity contribution in [2.75, 3.05) is 37.2 Å². The normalized spacial score (nSPS) is 13.5. The van der Waals surface area contributed by atoms with Crippen LogP contribution in [0.1, 0.15) is 39.5 Å². The zero-order valence-corrected chi connectivity index (χ0v) is 25.4. The highest BCUT2D eigenvalue weighted by Crippen LogP contribution is 2.37. The van der Waals surface area contributed by atoms with E-state index in [1.807, 2.05) is 0 Å². The van der Waals surface area contributed by atoms with Gasteiger partial charge in [-0.2, -0.15) is 18.3 Å². The molecule has 1 aliphatic heterocycles. The second kappa shape index (κ2) is 13.1. The Morgan fingerprint density at radius 2 is 1.70 bits per heavy atom. The fraction of sp³-hybridized carbons (Fsp3) is 0.276. The van der Waals surface area contributed by atoms with E-state index in [1.165, 1.54) is 57.9 Å². The lowest BCUT2D eigenvalue weighted by Gasteiger charge is -2.35. The van der Waals surface area contributed by atoms with E-state index in [0.717, 1.165) is 17.1 Å². The quantitative estimate of drug-likeness (QED) is 0.253. The number of rotatable bonds is 8. The van der Waals surface area contributed by atoms with E-state index in [4.69, 9.17) is 22.4 Å². The number of halogens is 4. The molecule has 3 aromatic heterocycles. The first-order valence-electron chi connectivity index (χ1n) is 14.0. The largest absolute Gasteiger partial charge is 0.481 e. The van der Waals surface area contributed by atoms with Crippen molar-refractivity contribution in [3.05, 3.63) is 71.0 Å². The van der Waals surface area contributed by atoms with E-state index in [2.05, 4.69) is 20.4 Å². The number of carbonyl (C=O) groups is 4. The summed E-state index contributed by atoms with van der Waals surface area (Å²) in [5, 5.41) is 15.1. The molecular weight excluding hydrogens is 647 g/mol. The monoisotopic (exact) mass is 673 g/mol. The lowest BCUT2D eigenvalue weighted by atomic mass is 10.1. The molecule has 5 rings (SSSR count). The molecule has 0 unspecified atom stereocenters. The highest BCUT2D eigenvalue weighted by atomic mass is 35.5. The Morgan fingerprint density at radius 3 is 2.32 bits per heavy atom. The number of benzene rings is 1. The first-order chi connectivity index (χ1) is 22.2. The Kier molecular flexibility index (Phi) is 9.19. The van der Waals surface area contributed by atoms with Crippen LogP contribution in [0.4, 0.5) is 24.5 Å². The summed E-state index contributed by atoms with van der Waals surface area (Å²) in [4.78, 5) is 60.2. The summed E-state index contributed by atoms with van der Waals surface area (Å²) < 4.78 is 44.0. The van der Waals surface area contributed by atoms with E-state index in [-0.39, 0.29) is 84.1 Å². The molecule has 0 bridgehead atoms. The number of aliphatic carboxylic acids is 1. The maximum absolute atomic E-state index is 14.0. The van der Waals surface area contributed by atoms with Gasteiger partial charge in [0.2, 0.25) is 5.91 Å². The number of nitrogen functional groups attached to an aromatic ring is 1. The highest BCUT2D eigenvalue weighted by molar-refractivity contribution is 6.34. The second-order valence-corrected chi connectivity index (χ2v) is 10.9. The van der Waals surface area contributed by atoms with Gasteiger partial charge < -0.3 is 30.5 Å². The predicted molar refractivity (Wildman–Crippen MR) is 162 cm³/mol. The molecule has 0 atom stereocenters. The third-order valence-electron chi connectivity index (χ3n) is 7.39. The molecule has 18 heteroatoms. The van der Waals surface area contributed by atoms with Crippen LogP contribution in [-0.2, 0) is 22.8 Å². The van der Waals surface area contributed by atoms with E-state index < -0.39 is 29.7 Å². The summed E-state index contributed by atoms with van der Waals surface area (Å²) in [5.41, 5.74) is 4.73. The molecule has 1 saturated heterocycles. The number of imidazole rings is 1. The summed E-state index contributed by atoms with van der Waals surface area (Å²) >= 11 is 6.39. The van der Waals surface area contributed by atoms with Crippen molar-refractivity contribution in [1.29, 1.82) is 0 Å². The lowest BCUT2D eigenvalue weighted by Crippen LogP contribution is -2.50. The van der Waals surface area contributed by atoms with E-state index in [1.54, 1.807) is 0 Å². The van der Waals surface area contributed by atoms with Crippen molar-refractivity contribution in [3.63, 3.8) is 0 Å². The van der Waals surface area contributed by atoms with Gasteiger partial charge in [0, 0.05) is 51.5 Å². The zero-order valence-electron chi connectivity index (χ0n) is 24.7. The topological polar surface area (TPSA) is 182 Å². The van der Waals surface area contributed by atoms with Crippen LogP contribution in [0.25, 0.3) is 17.1 Å². The molecule has 4 aromatic rings. The molecule has 1 fully saturated rings. The minimum absolute atomic E-state index is 0.0341. The fourth-order valence-corrected chi connectivity index (χ4v) is 5.21. The molecule has 1 aromatic carbocycles. The minimum atomic E-state index is -4.83. The number of nitrogens with two attached hydrogens (primary N) is 1. The van der Waals surface area contributed by atoms with Crippen molar-refractivity contribution < 1.29 is 37.5 Å². The number of carboxylic acids is 1. The van der Waals surface area contributed by atoms with Crippen molar-refractivity contribution >= 4 is 46.7 Å². The number of aromatic nitrogens is 5. The molecule has 1 aliphatic rings. The van der Waals surface area contributed by atoms with Gasteiger partial charge in [-0.05, 0) is 30.3 Å². The maximum atomic E-state index is 14.0. The molecule has 14 nitrogen and oxygen atoms in total. The first kappa shape index (κ1) is 32.9. The van der Waals surface area contributed by atoms with Crippen molar-refractivity contribution in [2.24, 2.45) is 7.05 Å². The van der Waals surface area contributed by atoms with Crippen molar-refractivity contribution in [3.8, 4) is 17.1 Å². The molecule has 0 spiro atoms. The van der Waals surface area contributed by atoms with Crippen LogP contribution in [0.15, 0.2) is 48.9 Å². The van der Waals surface area contributed by atoms with Gasteiger partial charge in [0.1, 0.15) is 0 Å². The van der Waals surface area contributed by atoms with Crippen LogP contribution in [0.5, 0.6) is 0 Å². The summed E-state index contributed by atoms with van der Waals surface area (Å²) in [6, 6.07) is 7.10. The predicted octanol–water partition coefficient (Wildman–Crippen LogP) is 3.32. The summed E-state index contributed by atoms with van der Waals surface area (Å²) in [6.45, 7) is 0.926. The summed E-state index contributed by atoms with van der Waals surface area (Å²) in [6.07, 6.45) is -1.69. The SMILES string of the molecule is Cn1c(-c2cn(-c3ccc(N)cn3)nc2C(F)(F)F)cnc1C(=O)Nc1ccc(C(=O)N2CCN(C(=O)CCC(=O)O)CC2)c(Cl)c1. The van der Waals surface area contributed by atoms with E-state index in [9.17, 15) is 32.3 Å². The van der Waals surface area contributed by atoms with Gasteiger partial charge in [0.25, 0.3) is 11.8 Å². The average Bonchev–Trinajstić information content (AvgIpc) is 3.64. The first-order valence-corrected chi connectivity index (χ1v) is 14.4. The summed E-state index contributed by atoms with van der Waals surface area (Å²) in [7, 11) is 1.38. The van der Waals surface area contributed by atoms with Crippen LogP contribution in [-0.4, -0.2) is 89.1 Å². The average molecular weight is 674 g/mol. The number of alkyl halides is 3. The van der Waals surface area contributed by atoms with Crippen LogP contribution < -0.4 is 11.1 Å². The molecule has 3 amide bonds. The van der Waals surface area contributed by atoms with Gasteiger partial charge in [0.15, 0.2) is 17.3 Å². The van der Waals surface area contributed by atoms with Crippen LogP contribution >= 0.6 is 11.6 Å². The van der Waals surface area contributed by atoms with E-state index >= 15 is 0 Å². The molecule has 4 N–H and O–H groups in total. The van der Waals surface area contributed by atoms with Gasteiger partial charge in [-0.1, -0.05) is 11.6 Å². The Labute approximate surface area is 269 Å². The standard InChI is InChI=1S/C29H27ClF3N9O5/c1-39-21(19-15-42(38-25(19)29(31,32)33)22-5-2-16(34)13-35-22)14-36-26(39)27(46)37-17-3-4-18(20(30)12-17)28(47)41-10-8-40(9-11-41)23(43)6-7-24(44)45/h2-5,12-15H,6-11,34H2,1H3,(H,37,46)(H,44,45). The number of amides is 3. The smallest absolute Gasteiger partial charge is 0.435 e. The minimum Gasteiger partial charge on any atom is -0.481 e. The number of hydrogen-bond acceptors (Lipinski definition) is 8. The number of anilines is 2. The second-order valence-electron chi connectivity index (χ2n) is 10.5. The van der Waals surface area contributed by atoms with Crippen LogP contribution in [0, 0.1) is 0 Å². The van der Waals surface area contributed by atoms with E-state index in [0.29, 0.717) is 5.69 Å². The van der Waals surface area contributed by atoms with Gasteiger partial charge in [-0.3, -0.25) is 19.2 Å².